The normalized spacial score (nSPS) is 18.3. The average Bonchev–Trinajstić information content (AvgIpc) is 3.37. The highest BCUT2D eigenvalue weighted by molar-refractivity contribution is 14.1. The van der Waals surface area contributed by atoms with Crippen LogP contribution < -0.4 is 22.1 Å². The molecule has 2 fully saturated rings. The number of fused-ring (bicyclic) bond motifs is 1. The third-order valence-corrected chi connectivity index (χ3v) is 7.06. The Bertz CT molecular complexity index is 1340. The Kier molecular flexibility index (Phi) is 5.50. The van der Waals surface area contributed by atoms with Gasteiger partial charge >= 0.3 is 5.91 Å². The number of nitrogens with two attached hydrogens (primary N) is 2. The predicted octanol–water partition coefficient (Wildman–Crippen LogP) is 0.496. The highest BCUT2D eigenvalue weighted by atomic mass is 127. The number of carbonyl (C=O) groups excluding carboxylic acids is 2. The van der Waals surface area contributed by atoms with Crippen molar-refractivity contribution in [2.45, 2.75) is 18.4 Å². The third kappa shape index (κ3) is 3.89. The van der Waals surface area contributed by atoms with Crippen LogP contribution in [0.1, 0.15) is 33.8 Å². The van der Waals surface area contributed by atoms with Gasteiger partial charge in [0.15, 0.2) is 29.0 Å². The maximum absolute atomic E-state index is 13.2. The summed E-state index contributed by atoms with van der Waals surface area (Å²) in [6.45, 7) is 1.72. The molecular formula is C21H23IN10O2. The molecule has 2 aliphatic heterocycles. The number of likely N-dealkylation sites (tertiary alicyclic amines) is 1. The topological polar surface area (TPSA) is 169 Å². The molecule has 3 aromatic rings. The van der Waals surface area contributed by atoms with Gasteiger partial charge in [-0.25, -0.2) is 9.97 Å². The second kappa shape index (κ2) is 8.38. The van der Waals surface area contributed by atoms with Gasteiger partial charge < -0.3 is 27.0 Å². The number of rotatable bonds is 2. The molecule has 4 heterocycles. The monoisotopic (exact) mass is 574 g/mol. The van der Waals surface area contributed by atoms with Crippen molar-refractivity contribution in [1.82, 2.24) is 35.3 Å². The highest BCUT2D eigenvalue weighted by Gasteiger charge is 2.41. The number of aromatic nitrogens is 4. The first kappa shape index (κ1) is 22.3. The highest BCUT2D eigenvalue weighted by Crippen LogP contribution is 2.27. The molecule has 2 aliphatic rings. The number of nitrogen functional groups attached to an aromatic ring is 2. The van der Waals surface area contributed by atoms with Crippen LogP contribution in [0.2, 0.25) is 0 Å². The smallest absolute Gasteiger partial charge is 0.302 e. The summed E-state index contributed by atoms with van der Waals surface area (Å²) < 4.78 is 2.12. The van der Waals surface area contributed by atoms with Gasteiger partial charge in [-0.2, -0.15) is 10.1 Å². The van der Waals surface area contributed by atoms with E-state index in [1.807, 2.05) is 58.8 Å². The predicted molar refractivity (Wildman–Crippen MR) is 135 cm³/mol. The number of carbonyl (C=O) groups is 2. The number of guanidine groups is 1. The van der Waals surface area contributed by atoms with Crippen LogP contribution in [0.15, 0.2) is 29.3 Å². The van der Waals surface area contributed by atoms with E-state index in [4.69, 9.17) is 11.5 Å². The Hall–Kier alpha value is -3.49. The molecule has 0 aliphatic carbocycles. The fraction of sp³-hybridized carbons (Fsp3) is 0.333. The summed E-state index contributed by atoms with van der Waals surface area (Å²) in [6, 6.07) is 7.71. The molecule has 34 heavy (non-hydrogen) atoms. The minimum absolute atomic E-state index is 0.0429. The van der Waals surface area contributed by atoms with Crippen molar-refractivity contribution >= 4 is 62.9 Å². The quantitative estimate of drug-likeness (QED) is 0.319. The summed E-state index contributed by atoms with van der Waals surface area (Å²) in [6.07, 6.45) is 1.40. The van der Waals surface area contributed by atoms with Crippen LogP contribution in [-0.4, -0.2) is 67.6 Å². The lowest BCUT2D eigenvalue weighted by atomic mass is 9.88. The number of anilines is 2. The van der Waals surface area contributed by atoms with Crippen LogP contribution in [0.25, 0.3) is 10.9 Å². The van der Waals surface area contributed by atoms with E-state index in [2.05, 4.69) is 30.7 Å². The van der Waals surface area contributed by atoms with E-state index in [0.717, 1.165) is 10.9 Å². The maximum atomic E-state index is 13.2. The Labute approximate surface area is 208 Å². The van der Waals surface area contributed by atoms with Gasteiger partial charge in [0.25, 0.3) is 5.91 Å². The Morgan fingerprint density at radius 2 is 1.85 bits per heavy atom. The van der Waals surface area contributed by atoms with Crippen LogP contribution in [0.5, 0.6) is 0 Å². The molecule has 1 aromatic carbocycles. The lowest BCUT2D eigenvalue weighted by Crippen LogP contribution is -2.53. The largest absolute Gasteiger partial charge is 0.382 e. The molecule has 0 saturated carbocycles. The number of nitrogens with zero attached hydrogens (tertiary/aromatic N) is 6. The number of nitrogens with one attached hydrogen (secondary N) is 2. The molecule has 2 saturated heterocycles. The van der Waals surface area contributed by atoms with Gasteiger partial charge in [0, 0.05) is 32.1 Å². The second-order valence-electron chi connectivity index (χ2n) is 8.44. The van der Waals surface area contributed by atoms with E-state index in [0.29, 0.717) is 47.8 Å². The van der Waals surface area contributed by atoms with E-state index in [9.17, 15) is 9.59 Å². The van der Waals surface area contributed by atoms with Gasteiger partial charge in [-0.15, -0.1) is 0 Å². The maximum Gasteiger partial charge on any atom is 0.302 e. The Morgan fingerprint density at radius 3 is 2.62 bits per heavy atom. The molecule has 1 spiro atoms. The third-order valence-electron chi connectivity index (χ3n) is 6.27. The molecule has 2 aromatic heterocycles. The lowest BCUT2D eigenvalue weighted by Gasteiger charge is -2.38. The number of aryl methyl sites for hydroxylation is 1. The van der Waals surface area contributed by atoms with E-state index < -0.39 is 5.91 Å². The summed E-state index contributed by atoms with van der Waals surface area (Å²) in [5.74, 6) is -0.223. The first-order chi connectivity index (χ1) is 16.3. The van der Waals surface area contributed by atoms with Crippen LogP contribution >= 0.6 is 22.6 Å². The molecule has 13 heteroatoms. The van der Waals surface area contributed by atoms with Crippen molar-refractivity contribution in [2.24, 2.45) is 12.0 Å². The SMILES string of the molecule is Cn1nc(C(=O)N2CCC3(CC2)CN/C(=N\C(=O)c2nc(I)c(N)nc2N)N3)c2ccccc21. The number of amides is 2. The Morgan fingerprint density at radius 1 is 1.12 bits per heavy atom. The minimum Gasteiger partial charge on any atom is -0.382 e. The number of halogens is 1. The molecule has 0 bridgehead atoms. The van der Waals surface area contributed by atoms with E-state index in [-0.39, 0.29) is 28.8 Å². The lowest BCUT2D eigenvalue weighted by molar-refractivity contribution is 0.0664. The number of hydrogen-bond donors (Lipinski definition) is 4. The molecule has 0 atom stereocenters. The summed E-state index contributed by atoms with van der Waals surface area (Å²) >= 11 is 1.89. The number of piperidine rings is 1. The van der Waals surface area contributed by atoms with Gasteiger partial charge in [0.05, 0.1) is 11.1 Å². The molecule has 12 nitrogen and oxygen atoms in total. The molecule has 176 valence electrons. The van der Waals surface area contributed by atoms with E-state index in [1.165, 1.54) is 0 Å². The zero-order valence-electron chi connectivity index (χ0n) is 18.4. The molecule has 6 N–H and O–H groups in total. The van der Waals surface area contributed by atoms with Gasteiger partial charge in [0.1, 0.15) is 3.70 Å². The number of hydrogen-bond acceptors (Lipinski definition) is 7. The van der Waals surface area contributed by atoms with Crippen molar-refractivity contribution < 1.29 is 9.59 Å². The van der Waals surface area contributed by atoms with Crippen molar-refractivity contribution in [3.8, 4) is 0 Å². The summed E-state index contributed by atoms with van der Waals surface area (Å²) in [5.41, 5.74) is 12.5. The number of aliphatic imine (C=N–C) groups is 1. The molecule has 0 radical (unpaired) electrons. The molecular weight excluding hydrogens is 551 g/mol. The molecule has 2 amide bonds. The van der Waals surface area contributed by atoms with Crippen molar-refractivity contribution in [1.29, 1.82) is 0 Å². The van der Waals surface area contributed by atoms with E-state index in [1.54, 1.807) is 4.68 Å². The zero-order valence-corrected chi connectivity index (χ0v) is 20.5. The van der Waals surface area contributed by atoms with Gasteiger partial charge in [-0.05, 0) is 41.5 Å². The fourth-order valence-corrected chi connectivity index (χ4v) is 4.74. The molecule has 0 unspecified atom stereocenters. The zero-order chi connectivity index (χ0) is 24.0. The van der Waals surface area contributed by atoms with Gasteiger partial charge in [-0.3, -0.25) is 14.3 Å². The van der Waals surface area contributed by atoms with Gasteiger partial charge in [-0.1, -0.05) is 18.2 Å². The second-order valence-corrected chi connectivity index (χ2v) is 9.46. The van der Waals surface area contributed by atoms with E-state index >= 15 is 0 Å². The summed E-state index contributed by atoms with van der Waals surface area (Å²) in [4.78, 5) is 39.8. The minimum atomic E-state index is -0.607. The number of para-hydroxylation sites is 1. The first-order valence-electron chi connectivity index (χ1n) is 10.7. The molecule has 5 rings (SSSR count). The average molecular weight is 574 g/mol. The Balaban J connectivity index is 1.26. The van der Waals surface area contributed by atoms with Crippen molar-refractivity contribution in [2.75, 3.05) is 31.1 Å². The van der Waals surface area contributed by atoms with Crippen LogP contribution in [-0.2, 0) is 7.05 Å². The van der Waals surface area contributed by atoms with Crippen LogP contribution in [0.3, 0.4) is 0 Å². The summed E-state index contributed by atoms with van der Waals surface area (Å²) in [5, 5.41) is 11.8. The fourth-order valence-electron chi connectivity index (χ4n) is 4.37. The standard InChI is InChI=1S/C21H23IN10O2/c1-31-12-5-3-2-4-11(12)13(30-31)19(34)32-8-6-21(7-9-32)10-25-20(29-21)28-18(33)14-16(23)27-17(24)15(22)26-14/h2-5H,6-10H2,1H3,(H4,23,24,27)(H2,25,28,29,33). The van der Waals surface area contributed by atoms with Gasteiger partial charge in [0.2, 0.25) is 0 Å². The van der Waals surface area contributed by atoms with Crippen LogP contribution in [0.4, 0.5) is 11.6 Å². The van der Waals surface area contributed by atoms with Crippen molar-refractivity contribution in [3.05, 3.63) is 39.4 Å². The number of benzene rings is 1. The summed E-state index contributed by atoms with van der Waals surface area (Å²) in [7, 11) is 1.84. The van der Waals surface area contributed by atoms with Crippen molar-refractivity contribution in [3.63, 3.8) is 0 Å². The first-order valence-corrected chi connectivity index (χ1v) is 11.8. The van der Waals surface area contributed by atoms with Crippen LogP contribution in [0, 0.1) is 3.70 Å².